The second kappa shape index (κ2) is 9.62. The van der Waals surface area contributed by atoms with Gasteiger partial charge in [0.2, 0.25) is 11.8 Å². The zero-order chi connectivity index (χ0) is 23.4. The van der Waals surface area contributed by atoms with Crippen molar-refractivity contribution in [3.05, 3.63) is 54.1 Å². The molecule has 33 heavy (non-hydrogen) atoms. The van der Waals surface area contributed by atoms with E-state index in [-0.39, 0.29) is 11.5 Å². The van der Waals surface area contributed by atoms with Gasteiger partial charge in [0.25, 0.3) is 0 Å². The molecule has 2 aliphatic heterocycles. The molecule has 1 saturated heterocycles. The number of rotatable bonds is 7. The Morgan fingerprint density at radius 2 is 1.73 bits per heavy atom. The number of ether oxygens (including phenoxy) is 2. The Bertz CT molecular complexity index is 1160. The lowest BCUT2D eigenvalue weighted by molar-refractivity contribution is -0.126. The van der Waals surface area contributed by atoms with Gasteiger partial charge in [-0.15, -0.1) is 0 Å². The van der Waals surface area contributed by atoms with Crippen molar-refractivity contribution in [3.63, 3.8) is 0 Å². The quantitative estimate of drug-likeness (QED) is 0.463. The van der Waals surface area contributed by atoms with Crippen molar-refractivity contribution in [1.29, 1.82) is 0 Å². The van der Waals surface area contributed by atoms with E-state index in [2.05, 4.69) is 10.6 Å². The Morgan fingerprint density at radius 1 is 1.00 bits per heavy atom. The smallest absolute Gasteiger partial charge is 0.235 e. The highest BCUT2D eigenvalue weighted by Gasteiger charge is 2.33. The average Bonchev–Trinajstić information content (AvgIpc) is 3.15. The van der Waals surface area contributed by atoms with Crippen LogP contribution in [0.2, 0.25) is 0 Å². The highest BCUT2D eigenvalue weighted by atomic mass is 32.2. The largest absolute Gasteiger partial charge is 0.486 e. The minimum atomic E-state index is -3.18. The fraction of sp³-hybridized carbons (Fsp3) is 0.348. The summed E-state index contributed by atoms with van der Waals surface area (Å²) < 4.78 is 34.3. The molecule has 0 unspecified atom stereocenters. The molecular formula is C23H24N2O7S. The fourth-order valence-corrected chi connectivity index (χ4v) is 5.51. The molecule has 2 N–H and O–H groups in total. The second-order valence-electron chi connectivity index (χ2n) is 8.00. The summed E-state index contributed by atoms with van der Waals surface area (Å²) >= 11 is 0. The van der Waals surface area contributed by atoms with Crippen LogP contribution in [-0.2, 0) is 19.4 Å². The standard InChI is InChI=1S/C23H24N2O7S/c26-21(24-17-8-11-33(29,30)14-17)13-18(22(27)15-4-2-1-3-5-15)23(28)25-16-6-7-19-20(12-16)32-10-9-31-19/h1-7,12,17-18H,8-11,13-14H2,(H,24,26)(H,25,28)/t17-,18-/m0/s1. The first kappa shape index (κ1) is 22.8. The van der Waals surface area contributed by atoms with Crippen LogP contribution < -0.4 is 20.1 Å². The molecule has 0 spiro atoms. The molecule has 10 heteroatoms. The summed E-state index contributed by atoms with van der Waals surface area (Å²) in [4.78, 5) is 38.8. The van der Waals surface area contributed by atoms with Gasteiger partial charge >= 0.3 is 0 Å². The van der Waals surface area contributed by atoms with Crippen LogP contribution in [0.25, 0.3) is 0 Å². The van der Waals surface area contributed by atoms with E-state index in [1.807, 2.05) is 0 Å². The van der Waals surface area contributed by atoms with E-state index in [9.17, 15) is 22.8 Å². The van der Waals surface area contributed by atoms with E-state index in [4.69, 9.17) is 9.47 Å². The van der Waals surface area contributed by atoms with Crippen molar-refractivity contribution in [2.45, 2.75) is 18.9 Å². The van der Waals surface area contributed by atoms with Gasteiger partial charge in [-0.3, -0.25) is 14.4 Å². The topological polar surface area (TPSA) is 128 Å². The lowest BCUT2D eigenvalue weighted by Crippen LogP contribution is -2.40. The Balaban J connectivity index is 1.50. The lowest BCUT2D eigenvalue weighted by Gasteiger charge is -2.20. The Labute approximate surface area is 191 Å². The summed E-state index contributed by atoms with van der Waals surface area (Å²) in [5.74, 6) is -2.09. The molecule has 4 rings (SSSR count). The number of anilines is 1. The molecule has 1 fully saturated rings. The summed E-state index contributed by atoms with van der Waals surface area (Å²) in [5.41, 5.74) is 0.702. The van der Waals surface area contributed by atoms with Crippen LogP contribution in [0.5, 0.6) is 11.5 Å². The predicted molar refractivity (Wildman–Crippen MR) is 120 cm³/mol. The number of nitrogens with one attached hydrogen (secondary N) is 2. The second-order valence-corrected chi connectivity index (χ2v) is 10.2. The van der Waals surface area contributed by atoms with Crippen molar-refractivity contribution in [1.82, 2.24) is 5.32 Å². The third kappa shape index (κ3) is 5.70. The van der Waals surface area contributed by atoms with Gasteiger partial charge in [0.05, 0.1) is 11.5 Å². The minimum absolute atomic E-state index is 0.00885. The maximum Gasteiger partial charge on any atom is 0.235 e. The zero-order valence-corrected chi connectivity index (χ0v) is 18.6. The van der Waals surface area contributed by atoms with Crippen LogP contribution in [0, 0.1) is 5.92 Å². The molecule has 0 saturated carbocycles. The first-order chi connectivity index (χ1) is 15.8. The SMILES string of the molecule is O=C(C[C@H](C(=O)Nc1ccc2c(c1)OCCO2)C(=O)c1ccccc1)N[C@H]1CCS(=O)(=O)C1. The average molecular weight is 473 g/mol. The fourth-order valence-electron chi connectivity index (χ4n) is 3.84. The van der Waals surface area contributed by atoms with E-state index in [1.54, 1.807) is 48.5 Å². The molecule has 2 heterocycles. The van der Waals surface area contributed by atoms with Crippen LogP contribution in [-0.4, -0.2) is 56.8 Å². The maximum absolute atomic E-state index is 13.1. The van der Waals surface area contributed by atoms with E-state index >= 15 is 0 Å². The highest BCUT2D eigenvalue weighted by molar-refractivity contribution is 7.91. The molecular weight excluding hydrogens is 448 g/mol. The lowest BCUT2D eigenvalue weighted by atomic mass is 9.93. The van der Waals surface area contributed by atoms with Crippen LogP contribution in [0.15, 0.2) is 48.5 Å². The Hall–Kier alpha value is -3.40. The third-order valence-corrected chi connectivity index (χ3v) is 7.26. The molecule has 2 aromatic rings. The molecule has 2 amide bonds. The van der Waals surface area contributed by atoms with Crippen molar-refractivity contribution >= 4 is 33.1 Å². The molecule has 9 nitrogen and oxygen atoms in total. The molecule has 2 aliphatic rings. The van der Waals surface area contributed by atoms with Gasteiger partial charge in [-0.1, -0.05) is 30.3 Å². The van der Waals surface area contributed by atoms with Crippen LogP contribution in [0.4, 0.5) is 5.69 Å². The Morgan fingerprint density at radius 3 is 2.42 bits per heavy atom. The summed E-state index contributed by atoms with van der Waals surface area (Å²) in [6, 6.07) is 12.6. The van der Waals surface area contributed by atoms with E-state index in [0.717, 1.165) is 0 Å². The molecule has 2 aromatic carbocycles. The van der Waals surface area contributed by atoms with Gasteiger partial charge in [0, 0.05) is 29.8 Å². The summed E-state index contributed by atoms with van der Waals surface area (Å²) in [6.45, 7) is 0.820. The minimum Gasteiger partial charge on any atom is -0.486 e. The highest BCUT2D eigenvalue weighted by Crippen LogP contribution is 2.33. The summed E-state index contributed by atoms with van der Waals surface area (Å²) in [7, 11) is -3.18. The normalized spacial score (nSPS) is 19.3. The van der Waals surface area contributed by atoms with Crippen molar-refractivity contribution in [3.8, 4) is 11.5 Å². The molecule has 0 radical (unpaired) electrons. The van der Waals surface area contributed by atoms with Gasteiger partial charge in [0.1, 0.15) is 19.1 Å². The van der Waals surface area contributed by atoms with Crippen LogP contribution >= 0.6 is 0 Å². The first-order valence-electron chi connectivity index (χ1n) is 10.6. The molecule has 0 bridgehead atoms. The summed E-state index contributed by atoms with van der Waals surface area (Å²) in [6.07, 6.45) is -0.0879. The van der Waals surface area contributed by atoms with E-state index in [0.29, 0.717) is 42.4 Å². The van der Waals surface area contributed by atoms with Crippen LogP contribution in [0.3, 0.4) is 0 Å². The molecule has 2 atom stereocenters. The number of hydrogen-bond acceptors (Lipinski definition) is 7. The number of Topliss-reactive ketones (excluding diaryl/α,β-unsaturated/α-hetero) is 1. The number of ketones is 1. The van der Waals surface area contributed by atoms with Gasteiger partial charge < -0.3 is 20.1 Å². The van der Waals surface area contributed by atoms with Crippen molar-refractivity contribution < 1.29 is 32.3 Å². The summed E-state index contributed by atoms with van der Waals surface area (Å²) in [5, 5.41) is 5.33. The number of hydrogen-bond donors (Lipinski definition) is 2. The van der Waals surface area contributed by atoms with Crippen molar-refractivity contribution in [2.75, 3.05) is 30.0 Å². The number of fused-ring (bicyclic) bond motifs is 1. The maximum atomic E-state index is 13.1. The number of amides is 2. The first-order valence-corrected chi connectivity index (χ1v) is 12.4. The van der Waals surface area contributed by atoms with Gasteiger partial charge in [0.15, 0.2) is 27.1 Å². The number of sulfone groups is 1. The molecule has 0 aromatic heterocycles. The number of benzene rings is 2. The molecule has 0 aliphatic carbocycles. The zero-order valence-electron chi connectivity index (χ0n) is 17.8. The van der Waals surface area contributed by atoms with Gasteiger partial charge in [-0.25, -0.2) is 8.42 Å². The van der Waals surface area contributed by atoms with Gasteiger partial charge in [-0.05, 0) is 18.6 Å². The Kier molecular flexibility index (Phi) is 6.64. The van der Waals surface area contributed by atoms with Gasteiger partial charge in [-0.2, -0.15) is 0 Å². The predicted octanol–water partition coefficient (Wildman–Crippen LogP) is 1.59. The van der Waals surface area contributed by atoms with Crippen LogP contribution in [0.1, 0.15) is 23.2 Å². The van der Waals surface area contributed by atoms with E-state index in [1.165, 1.54) is 0 Å². The molecule has 174 valence electrons. The van der Waals surface area contributed by atoms with E-state index < -0.39 is 45.8 Å². The van der Waals surface area contributed by atoms with Crippen molar-refractivity contribution in [2.24, 2.45) is 5.92 Å². The number of carbonyl (C=O) groups excluding carboxylic acids is 3. The third-order valence-electron chi connectivity index (χ3n) is 5.49. The number of carbonyl (C=O) groups is 3. The monoisotopic (exact) mass is 472 g/mol.